The molecule has 2 aromatic heterocycles. The summed E-state index contributed by atoms with van der Waals surface area (Å²) in [7, 11) is 0. The number of anilines is 2. The predicted molar refractivity (Wildman–Crippen MR) is 89.7 cm³/mol. The molecule has 3 aromatic rings. The van der Waals surface area contributed by atoms with Crippen LogP contribution in [-0.4, -0.2) is 64.9 Å². The molecule has 4 atom stereocenters. The number of imidazole rings is 1. The van der Waals surface area contributed by atoms with Crippen molar-refractivity contribution in [2.45, 2.75) is 24.5 Å². The second-order valence-electron chi connectivity index (χ2n) is 5.95. The number of nitrogens with zero attached hydrogens (tertiary/aromatic N) is 4. The van der Waals surface area contributed by atoms with Gasteiger partial charge in [-0.15, -0.1) is 0 Å². The third-order valence-electron chi connectivity index (χ3n) is 4.26. The molecule has 0 saturated carbocycles. The average Bonchev–Trinajstić information content (AvgIpc) is 3.18. The quantitative estimate of drug-likeness (QED) is 0.430. The van der Waals surface area contributed by atoms with E-state index in [1.807, 2.05) is 0 Å². The highest BCUT2D eigenvalue weighted by Crippen LogP contribution is 2.32. The molecule has 1 aliphatic heterocycles. The third kappa shape index (κ3) is 2.74. The van der Waals surface area contributed by atoms with Gasteiger partial charge in [-0.2, -0.15) is 0 Å². The minimum Gasteiger partial charge on any atom is -0.508 e. The van der Waals surface area contributed by atoms with Crippen LogP contribution in [-0.2, 0) is 4.74 Å². The maximum atomic E-state index is 10.2. The van der Waals surface area contributed by atoms with E-state index in [2.05, 4.69) is 20.3 Å². The van der Waals surface area contributed by atoms with Crippen LogP contribution in [0.15, 0.2) is 36.9 Å². The van der Waals surface area contributed by atoms with Gasteiger partial charge in [-0.05, 0) is 12.1 Å². The van der Waals surface area contributed by atoms with Crippen LogP contribution in [0.2, 0.25) is 0 Å². The van der Waals surface area contributed by atoms with Crippen LogP contribution in [0.4, 0.5) is 11.5 Å². The molecule has 0 bridgehead atoms. The number of rotatable bonds is 4. The fraction of sp³-hybridized carbons (Fsp3) is 0.312. The molecule has 3 heterocycles. The molecule has 0 amide bonds. The molecule has 136 valence electrons. The first-order valence-electron chi connectivity index (χ1n) is 7.94. The largest absolute Gasteiger partial charge is 0.508 e. The van der Waals surface area contributed by atoms with Crippen LogP contribution in [0, 0.1) is 0 Å². The van der Waals surface area contributed by atoms with Gasteiger partial charge >= 0.3 is 0 Å². The van der Waals surface area contributed by atoms with E-state index in [-0.39, 0.29) is 5.75 Å². The number of aromatic nitrogens is 4. The summed E-state index contributed by atoms with van der Waals surface area (Å²) in [4.78, 5) is 12.6. The molecule has 5 N–H and O–H groups in total. The molecule has 4 rings (SSSR count). The van der Waals surface area contributed by atoms with Gasteiger partial charge in [0.15, 0.2) is 23.2 Å². The SMILES string of the molecule is OC[C@H]1O[C@@H](n2cnc3c(Nc4cccc(O)c4)ncnc32)C(O)C1O. The Labute approximate surface area is 147 Å². The third-order valence-corrected chi connectivity index (χ3v) is 4.26. The minimum absolute atomic E-state index is 0.109. The molecule has 10 heteroatoms. The molecule has 1 saturated heterocycles. The van der Waals surface area contributed by atoms with Crippen LogP contribution in [0.5, 0.6) is 5.75 Å². The van der Waals surface area contributed by atoms with E-state index in [1.54, 1.807) is 18.2 Å². The minimum atomic E-state index is -1.23. The number of aliphatic hydroxyl groups is 3. The highest BCUT2D eigenvalue weighted by atomic mass is 16.6. The summed E-state index contributed by atoms with van der Waals surface area (Å²) in [6.07, 6.45) is -1.52. The van der Waals surface area contributed by atoms with E-state index in [0.717, 1.165) is 0 Å². The first kappa shape index (κ1) is 16.7. The second-order valence-corrected chi connectivity index (χ2v) is 5.95. The van der Waals surface area contributed by atoms with E-state index >= 15 is 0 Å². The van der Waals surface area contributed by atoms with Gasteiger partial charge in [-0.1, -0.05) is 6.07 Å². The van der Waals surface area contributed by atoms with Gasteiger partial charge in [0, 0.05) is 11.8 Å². The zero-order valence-corrected chi connectivity index (χ0v) is 13.5. The van der Waals surface area contributed by atoms with E-state index in [1.165, 1.54) is 23.3 Å². The zero-order valence-electron chi connectivity index (χ0n) is 13.5. The van der Waals surface area contributed by atoms with Crippen molar-refractivity contribution in [2.24, 2.45) is 0 Å². The number of aliphatic hydroxyl groups excluding tert-OH is 3. The first-order chi connectivity index (χ1) is 12.6. The summed E-state index contributed by atoms with van der Waals surface area (Å²) in [5.41, 5.74) is 1.43. The summed E-state index contributed by atoms with van der Waals surface area (Å²) in [5, 5.41) is 42.0. The highest BCUT2D eigenvalue weighted by molar-refractivity contribution is 5.85. The molecular weight excluding hydrogens is 342 g/mol. The fourth-order valence-corrected chi connectivity index (χ4v) is 2.96. The summed E-state index contributed by atoms with van der Waals surface area (Å²) in [6.45, 7) is -0.416. The molecule has 0 spiro atoms. The van der Waals surface area contributed by atoms with Crippen molar-refractivity contribution in [1.82, 2.24) is 19.5 Å². The highest BCUT2D eigenvalue weighted by Gasteiger charge is 2.44. The Hall–Kier alpha value is -2.79. The van der Waals surface area contributed by atoms with E-state index in [9.17, 15) is 20.4 Å². The van der Waals surface area contributed by atoms with Gasteiger partial charge in [0.25, 0.3) is 0 Å². The van der Waals surface area contributed by atoms with Gasteiger partial charge in [0.1, 0.15) is 30.4 Å². The van der Waals surface area contributed by atoms with Gasteiger partial charge in [0.05, 0.1) is 12.9 Å². The van der Waals surface area contributed by atoms with Crippen molar-refractivity contribution in [2.75, 3.05) is 11.9 Å². The number of phenols is 1. The molecule has 0 radical (unpaired) electrons. The average molecular weight is 359 g/mol. The lowest BCUT2D eigenvalue weighted by molar-refractivity contribution is -0.0511. The Kier molecular flexibility index (Phi) is 4.17. The number of benzene rings is 1. The first-order valence-corrected chi connectivity index (χ1v) is 7.94. The zero-order chi connectivity index (χ0) is 18.3. The van der Waals surface area contributed by atoms with Crippen molar-refractivity contribution in [1.29, 1.82) is 0 Å². The van der Waals surface area contributed by atoms with Gasteiger partial charge < -0.3 is 30.5 Å². The lowest BCUT2D eigenvalue weighted by Gasteiger charge is -2.16. The van der Waals surface area contributed by atoms with E-state index < -0.39 is 31.1 Å². The number of fused-ring (bicyclic) bond motifs is 1. The molecule has 1 aromatic carbocycles. The molecule has 2 unspecified atom stereocenters. The number of ether oxygens (including phenoxy) is 1. The molecular formula is C16H17N5O5. The Bertz CT molecular complexity index is 932. The lowest BCUT2D eigenvalue weighted by Crippen LogP contribution is -2.33. The van der Waals surface area contributed by atoms with Crippen LogP contribution >= 0.6 is 0 Å². The Morgan fingerprint density at radius 1 is 1.15 bits per heavy atom. The normalized spacial score (nSPS) is 25.7. The summed E-state index contributed by atoms with van der Waals surface area (Å²) < 4.78 is 7.00. The Balaban J connectivity index is 1.69. The smallest absolute Gasteiger partial charge is 0.167 e. The predicted octanol–water partition coefficient (Wildman–Crippen LogP) is -0.113. The number of phenolic OH excluding ortho intramolecular Hbond substituents is 1. The number of nitrogens with one attached hydrogen (secondary N) is 1. The van der Waals surface area contributed by atoms with Crippen molar-refractivity contribution < 1.29 is 25.2 Å². The monoisotopic (exact) mass is 359 g/mol. The Morgan fingerprint density at radius 3 is 2.73 bits per heavy atom. The second kappa shape index (κ2) is 6.50. The van der Waals surface area contributed by atoms with Gasteiger partial charge in [0.2, 0.25) is 0 Å². The maximum absolute atomic E-state index is 10.2. The summed E-state index contributed by atoms with van der Waals surface area (Å²) in [5.74, 6) is 0.517. The van der Waals surface area contributed by atoms with Crippen molar-refractivity contribution >= 4 is 22.7 Å². The van der Waals surface area contributed by atoms with Crippen LogP contribution < -0.4 is 5.32 Å². The number of aromatic hydroxyl groups is 1. The maximum Gasteiger partial charge on any atom is 0.167 e. The molecule has 26 heavy (non-hydrogen) atoms. The topological polar surface area (TPSA) is 146 Å². The molecule has 1 aliphatic rings. The van der Waals surface area contributed by atoms with Crippen molar-refractivity contribution in [3.63, 3.8) is 0 Å². The lowest BCUT2D eigenvalue weighted by atomic mass is 10.1. The molecule has 10 nitrogen and oxygen atoms in total. The standard InChI is InChI=1S/C16H17N5O5/c22-5-10-12(24)13(25)16(26-10)21-7-19-11-14(17-6-18-15(11)21)20-8-2-1-3-9(23)4-8/h1-4,6-7,10,12-13,16,22-25H,5H2,(H,17,18,20)/t10-,12?,13?,16-/m1/s1. The number of hydrogen-bond donors (Lipinski definition) is 5. The van der Waals surface area contributed by atoms with Crippen LogP contribution in [0.1, 0.15) is 6.23 Å². The van der Waals surface area contributed by atoms with E-state index in [4.69, 9.17) is 4.74 Å². The van der Waals surface area contributed by atoms with Crippen molar-refractivity contribution in [3.8, 4) is 5.75 Å². The molecule has 0 aliphatic carbocycles. The Morgan fingerprint density at radius 2 is 2.00 bits per heavy atom. The fourth-order valence-electron chi connectivity index (χ4n) is 2.96. The number of hydrogen-bond acceptors (Lipinski definition) is 9. The van der Waals surface area contributed by atoms with Crippen molar-refractivity contribution in [3.05, 3.63) is 36.9 Å². The van der Waals surface area contributed by atoms with Crippen LogP contribution in [0.25, 0.3) is 11.2 Å². The summed E-state index contributed by atoms with van der Waals surface area (Å²) >= 11 is 0. The van der Waals surface area contributed by atoms with Gasteiger partial charge in [-0.25, -0.2) is 15.0 Å². The summed E-state index contributed by atoms with van der Waals surface area (Å²) in [6, 6.07) is 6.54. The van der Waals surface area contributed by atoms with Gasteiger partial charge in [-0.3, -0.25) is 4.57 Å². The van der Waals surface area contributed by atoms with Crippen LogP contribution in [0.3, 0.4) is 0 Å². The van der Waals surface area contributed by atoms with E-state index in [0.29, 0.717) is 22.7 Å². The molecule has 1 fully saturated rings.